The lowest BCUT2D eigenvalue weighted by atomic mass is 9.35. The third kappa shape index (κ3) is 6.52. The maximum absolute atomic E-state index is 13.0. The van der Waals surface area contributed by atoms with Gasteiger partial charge in [0.25, 0.3) is 0 Å². The molecule has 2 atom stereocenters. The standard InChI is InChI=1S/C30H48IN3O4/c1-21-22(31)13-32-34(21)20-30-17-27(8)14-28(9,18-30)16-29(15-27,19-30)11-10-12-33(23(35)37-25(2,3)4)24(36)38-26(5,6)7/h13H,10-12,14-20H2,1-9H3. The molecule has 1 aromatic heterocycles. The predicted molar refractivity (Wildman–Crippen MR) is 157 cm³/mol. The van der Waals surface area contributed by atoms with Gasteiger partial charge in [0.2, 0.25) is 0 Å². The zero-order valence-corrected chi connectivity index (χ0v) is 27.2. The Morgan fingerprint density at radius 2 is 1.42 bits per heavy atom. The van der Waals surface area contributed by atoms with Gasteiger partial charge in [0.1, 0.15) is 11.2 Å². The number of hydrogen-bond donors (Lipinski definition) is 0. The maximum atomic E-state index is 13.0. The summed E-state index contributed by atoms with van der Waals surface area (Å²) in [5, 5.41) is 4.74. The number of hydrogen-bond acceptors (Lipinski definition) is 5. The minimum atomic E-state index is -0.685. The van der Waals surface area contributed by atoms with Gasteiger partial charge < -0.3 is 9.47 Å². The summed E-state index contributed by atoms with van der Waals surface area (Å²) < 4.78 is 14.6. The molecule has 4 aliphatic rings. The summed E-state index contributed by atoms with van der Waals surface area (Å²) in [7, 11) is 0. The van der Waals surface area contributed by atoms with Crippen molar-refractivity contribution in [3.8, 4) is 0 Å². The van der Waals surface area contributed by atoms with Gasteiger partial charge in [-0.05, 0) is 144 Å². The largest absolute Gasteiger partial charge is 0.443 e. The lowest BCUT2D eigenvalue weighted by Gasteiger charge is -2.70. The summed E-state index contributed by atoms with van der Waals surface area (Å²) in [6, 6.07) is 0. The van der Waals surface area contributed by atoms with E-state index in [0.717, 1.165) is 19.4 Å². The average Bonchev–Trinajstić information content (AvgIpc) is 2.97. The number of carbonyl (C=O) groups is 2. The molecule has 0 radical (unpaired) electrons. The fraction of sp³-hybridized carbons (Fsp3) is 0.833. The van der Waals surface area contributed by atoms with Crippen LogP contribution in [0, 0.1) is 32.2 Å². The van der Waals surface area contributed by atoms with Crippen molar-refractivity contribution in [2.45, 2.75) is 131 Å². The molecule has 5 rings (SSSR count). The summed E-state index contributed by atoms with van der Waals surface area (Å²) in [6.07, 6.45) is 9.94. The predicted octanol–water partition coefficient (Wildman–Crippen LogP) is 8.12. The van der Waals surface area contributed by atoms with Crippen LogP contribution in [-0.2, 0) is 16.0 Å². The number of rotatable bonds is 6. The number of ether oxygens (including phenoxy) is 2. The molecule has 2 unspecified atom stereocenters. The fourth-order valence-electron chi connectivity index (χ4n) is 9.03. The van der Waals surface area contributed by atoms with Crippen molar-refractivity contribution in [3.05, 3.63) is 15.5 Å². The van der Waals surface area contributed by atoms with E-state index in [0.29, 0.717) is 17.4 Å². The smallest absolute Gasteiger partial charge is 0.419 e. The summed E-state index contributed by atoms with van der Waals surface area (Å²) in [5.41, 5.74) is 1.01. The first-order valence-electron chi connectivity index (χ1n) is 14.2. The number of carbonyl (C=O) groups excluding carboxylic acids is 2. The lowest BCUT2D eigenvalue weighted by molar-refractivity contribution is -0.198. The van der Waals surface area contributed by atoms with Crippen LogP contribution in [0.15, 0.2) is 6.20 Å². The van der Waals surface area contributed by atoms with Crippen LogP contribution in [0.4, 0.5) is 9.59 Å². The Hall–Kier alpha value is -1.32. The van der Waals surface area contributed by atoms with Crippen molar-refractivity contribution in [3.63, 3.8) is 0 Å². The second-order valence-corrected chi connectivity index (χ2v) is 16.8. The van der Waals surface area contributed by atoms with E-state index in [4.69, 9.17) is 14.6 Å². The summed E-state index contributed by atoms with van der Waals surface area (Å²) in [4.78, 5) is 27.2. The third-order valence-electron chi connectivity index (χ3n) is 8.66. The Kier molecular flexibility index (Phi) is 7.53. The van der Waals surface area contributed by atoms with Crippen LogP contribution in [0.2, 0.25) is 0 Å². The van der Waals surface area contributed by atoms with Crippen molar-refractivity contribution in [1.82, 2.24) is 14.7 Å². The van der Waals surface area contributed by atoms with Crippen molar-refractivity contribution >= 4 is 34.8 Å². The van der Waals surface area contributed by atoms with Crippen molar-refractivity contribution in [2.75, 3.05) is 6.54 Å². The Labute approximate surface area is 242 Å². The molecule has 4 bridgehead atoms. The Morgan fingerprint density at radius 1 is 0.921 bits per heavy atom. The molecule has 4 aliphatic carbocycles. The van der Waals surface area contributed by atoms with Crippen molar-refractivity contribution < 1.29 is 19.1 Å². The van der Waals surface area contributed by atoms with Crippen LogP contribution in [0.3, 0.4) is 0 Å². The molecular weight excluding hydrogens is 593 g/mol. The molecule has 0 aromatic carbocycles. The van der Waals surface area contributed by atoms with Crippen molar-refractivity contribution in [1.29, 1.82) is 0 Å². The highest BCUT2D eigenvalue weighted by molar-refractivity contribution is 14.1. The Morgan fingerprint density at radius 3 is 1.87 bits per heavy atom. The molecule has 7 nitrogen and oxygen atoms in total. The molecule has 0 saturated heterocycles. The quantitative estimate of drug-likeness (QED) is 0.294. The molecule has 214 valence electrons. The number of imide groups is 1. The number of amides is 2. The van der Waals surface area contributed by atoms with Crippen LogP contribution in [0.25, 0.3) is 0 Å². The zero-order chi connectivity index (χ0) is 28.4. The first-order valence-corrected chi connectivity index (χ1v) is 15.2. The maximum Gasteiger partial charge on any atom is 0.419 e. The Balaban J connectivity index is 1.52. The zero-order valence-electron chi connectivity index (χ0n) is 25.0. The topological polar surface area (TPSA) is 73.7 Å². The van der Waals surface area contributed by atoms with E-state index in [9.17, 15) is 9.59 Å². The summed E-state index contributed by atoms with van der Waals surface area (Å²) >= 11 is 2.38. The monoisotopic (exact) mass is 641 g/mol. The van der Waals surface area contributed by atoms with Gasteiger partial charge in [0, 0.05) is 18.8 Å². The minimum absolute atomic E-state index is 0.222. The van der Waals surface area contributed by atoms with E-state index in [1.807, 2.05) is 47.7 Å². The molecule has 38 heavy (non-hydrogen) atoms. The summed E-state index contributed by atoms with van der Waals surface area (Å²) in [5.74, 6) is 0. The molecular formula is C30H48IN3O4. The van der Waals surface area contributed by atoms with Crippen LogP contribution in [0.1, 0.15) is 112 Å². The average molecular weight is 642 g/mol. The normalized spacial score (nSPS) is 32.4. The van der Waals surface area contributed by atoms with E-state index in [1.54, 1.807) is 0 Å². The molecule has 1 aromatic rings. The van der Waals surface area contributed by atoms with Crippen LogP contribution in [0.5, 0.6) is 0 Å². The van der Waals surface area contributed by atoms with Gasteiger partial charge in [-0.2, -0.15) is 5.10 Å². The van der Waals surface area contributed by atoms with E-state index in [-0.39, 0.29) is 10.8 Å². The highest BCUT2D eigenvalue weighted by atomic mass is 127. The molecule has 0 spiro atoms. The fourth-order valence-corrected chi connectivity index (χ4v) is 9.44. The number of aromatic nitrogens is 2. The van der Waals surface area contributed by atoms with Gasteiger partial charge >= 0.3 is 12.2 Å². The van der Waals surface area contributed by atoms with E-state index < -0.39 is 23.4 Å². The molecule has 0 N–H and O–H groups in total. The number of nitrogens with zero attached hydrogens (tertiary/aromatic N) is 3. The molecule has 0 aliphatic heterocycles. The van der Waals surface area contributed by atoms with Crippen LogP contribution >= 0.6 is 22.6 Å². The summed E-state index contributed by atoms with van der Waals surface area (Å²) in [6.45, 7) is 19.4. The van der Waals surface area contributed by atoms with Gasteiger partial charge in [-0.3, -0.25) is 4.68 Å². The van der Waals surface area contributed by atoms with Crippen molar-refractivity contribution in [2.24, 2.45) is 21.7 Å². The van der Waals surface area contributed by atoms with Gasteiger partial charge in [0.15, 0.2) is 0 Å². The molecule has 4 fully saturated rings. The van der Waals surface area contributed by atoms with Gasteiger partial charge in [-0.1, -0.05) is 13.8 Å². The first-order chi connectivity index (χ1) is 17.2. The highest BCUT2D eigenvalue weighted by Gasteiger charge is 2.65. The minimum Gasteiger partial charge on any atom is -0.443 e. The molecule has 2 amide bonds. The Bertz CT molecular complexity index is 1040. The van der Waals surface area contributed by atoms with E-state index in [1.165, 1.54) is 52.7 Å². The van der Waals surface area contributed by atoms with Crippen LogP contribution < -0.4 is 0 Å². The highest BCUT2D eigenvalue weighted by Crippen LogP contribution is 2.75. The van der Waals surface area contributed by atoms with Gasteiger partial charge in [0.05, 0.1) is 9.77 Å². The van der Waals surface area contributed by atoms with Crippen LogP contribution in [-0.4, -0.2) is 44.6 Å². The van der Waals surface area contributed by atoms with Gasteiger partial charge in [-0.15, -0.1) is 0 Å². The second-order valence-electron chi connectivity index (χ2n) is 15.6. The first kappa shape index (κ1) is 29.7. The SMILES string of the molecule is Cc1c(I)cnn1CC12CC3(C)CC(C)(CC(CCCN(C(=O)OC(C)(C)C)C(=O)OC(C)(C)C)(C3)C1)C2. The third-order valence-corrected chi connectivity index (χ3v) is 9.71. The van der Waals surface area contributed by atoms with E-state index in [2.05, 4.69) is 48.0 Å². The second kappa shape index (κ2) is 9.65. The van der Waals surface area contributed by atoms with E-state index >= 15 is 0 Å². The lowest BCUT2D eigenvalue weighted by Crippen LogP contribution is -2.60. The number of halogens is 1. The molecule has 8 heteroatoms. The molecule has 4 saturated carbocycles. The van der Waals surface area contributed by atoms with Gasteiger partial charge in [-0.25, -0.2) is 14.5 Å². The molecule has 1 heterocycles.